The average molecular weight is 408 g/mol. The summed E-state index contributed by atoms with van der Waals surface area (Å²) in [6, 6.07) is 3.58. The monoisotopic (exact) mass is 408 g/mol. The standard InChI is InChI=1S/C16H13IN2O3/c17-11-4-1-8(22-11)7-18-19-14(20)12-9-2-3-10(13(12)15(19)21)16(9)5-6-16/h1-4,7,9-10,12-13H,5-6H2/b18-7-. The van der Waals surface area contributed by atoms with Crippen molar-refractivity contribution in [3.63, 3.8) is 0 Å². The molecule has 2 bridgehead atoms. The van der Waals surface area contributed by atoms with Crippen molar-refractivity contribution in [2.75, 3.05) is 0 Å². The number of carbonyl (C=O) groups is 2. The lowest BCUT2D eigenvalue weighted by Crippen LogP contribution is -2.30. The van der Waals surface area contributed by atoms with Gasteiger partial charge in [-0.3, -0.25) is 9.59 Å². The van der Waals surface area contributed by atoms with Crippen LogP contribution in [0.4, 0.5) is 0 Å². The van der Waals surface area contributed by atoms with Gasteiger partial charge < -0.3 is 4.42 Å². The Morgan fingerprint density at radius 1 is 1.18 bits per heavy atom. The molecule has 5 nitrogen and oxygen atoms in total. The van der Waals surface area contributed by atoms with Crippen LogP contribution in [0, 0.1) is 32.9 Å². The zero-order valence-corrected chi connectivity index (χ0v) is 13.8. The first-order valence-electron chi connectivity index (χ1n) is 7.47. The summed E-state index contributed by atoms with van der Waals surface area (Å²) in [6.45, 7) is 0. The molecule has 1 spiro atoms. The molecule has 3 fully saturated rings. The lowest BCUT2D eigenvalue weighted by atomic mass is 9.85. The van der Waals surface area contributed by atoms with Crippen LogP contribution in [0.15, 0.2) is 33.8 Å². The van der Waals surface area contributed by atoms with Gasteiger partial charge >= 0.3 is 0 Å². The number of allylic oxidation sites excluding steroid dienone is 2. The van der Waals surface area contributed by atoms with Gasteiger partial charge in [0.25, 0.3) is 11.8 Å². The Labute approximate surface area is 140 Å². The summed E-state index contributed by atoms with van der Waals surface area (Å²) >= 11 is 2.06. The fraction of sp³-hybridized carbons (Fsp3) is 0.438. The van der Waals surface area contributed by atoms with Gasteiger partial charge in [-0.15, -0.1) is 0 Å². The summed E-state index contributed by atoms with van der Waals surface area (Å²) in [4.78, 5) is 25.3. The highest BCUT2D eigenvalue weighted by Gasteiger charge is 2.73. The average Bonchev–Trinajstić information content (AvgIpc) is 2.87. The van der Waals surface area contributed by atoms with Gasteiger partial charge in [-0.05, 0) is 64.8 Å². The van der Waals surface area contributed by atoms with E-state index in [0.717, 1.165) is 21.6 Å². The Bertz CT molecular complexity index is 727. The number of rotatable bonds is 2. The maximum atomic E-state index is 12.7. The van der Waals surface area contributed by atoms with Crippen molar-refractivity contribution in [3.8, 4) is 0 Å². The molecule has 0 N–H and O–H groups in total. The van der Waals surface area contributed by atoms with E-state index < -0.39 is 0 Å². The summed E-state index contributed by atoms with van der Waals surface area (Å²) in [5, 5.41) is 5.16. The molecule has 5 rings (SSSR count). The number of carbonyl (C=O) groups excluding carboxylic acids is 2. The molecule has 1 saturated heterocycles. The largest absolute Gasteiger partial charge is 0.449 e. The molecule has 1 aromatic rings. The van der Waals surface area contributed by atoms with E-state index in [2.05, 4.69) is 39.8 Å². The molecule has 2 amide bonds. The number of imide groups is 1. The van der Waals surface area contributed by atoms with Crippen LogP contribution in [0.5, 0.6) is 0 Å². The maximum Gasteiger partial charge on any atom is 0.254 e. The zero-order valence-electron chi connectivity index (χ0n) is 11.6. The maximum absolute atomic E-state index is 12.7. The molecule has 22 heavy (non-hydrogen) atoms. The second-order valence-corrected chi connectivity index (χ2v) is 7.66. The summed E-state index contributed by atoms with van der Waals surface area (Å²) in [5.74, 6) is 0.346. The molecule has 2 heterocycles. The molecule has 3 aliphatic carbocycles. The number of hydrazone groups is 1. The second kappa shape index (κ2) is 4.10. The minimum Gasteiger partial charge on any atom is -0.449 e. The van der Waals surface area contributed by atoms with Crippen molar-refractivity contribution in [2.45, 2.75) is 12.8 Å². The van der Waals surface area contributed by atoms with Crippen LogP contribution in [0.3, 0.4) is 0 Å². The first-order chi connectivity index (χ1) is 10.6. The number of hydrogen-bond acceptors (Lipinski definition) is 4. The van der Waals surface area contributed by atoms with E-state index >= 15 is 0 Å². The third-order valence-electron chi connectivity index (χ3n) is 5.72. The van der Waals surface area contributed by atoms with Crippen molar-refractivity contribution in [2.24, 2.45) is 34.2 Å². The van der Waals surface area contributed by atoms with Gasteiger partial charge in [-0.2, -0.15) is 10.1 Å². The van der Waals surface area contributed by atoms with E-state index in [1.807, 2.05) is 6.07 Å². The molecule has 1 aliphatic heterocycles. The molecule has 0 aromatic carbocycles. The fourth-order valence-corrected chi connectivity index (χ4v) is 5.12. The fourth-order valence-electron chi connectivity index (χ4n) is 4.69. The Kier molecular flexibility index (Phi) is 2.43. The highest BCUT2D eigenvalue weighted by atomic mass is 127. The third kappa shape index (κ3) is 1.46. The molecule has 2 saturated carbocycles. The van der Waals surface area contributed by atoms with Gasteiger partial charge in [0.05, 0.1) is 18.1 Å². The quantitative estimate of drug-likeness (QED) is 0.327. The van der Waals surface area contributed by atoms with Gasteiger partial charge in [-0.25, -0.2) is 0 Å². The predicted molar refractivity (Wildman–Crippen MR) is 85.6 cm³/mol. The van der Waals surface area contributed by atoms with Crippen molar-refractivity contribution < 1.29 is 14.0 Å². The van der Waals surface area contributed by atoms with Crippen LogP contribution < -0.4 is 0 Å². The number of amides is 2. The van der Waals surface area contributed by atoms with Crippen LogP contribution in [0.25, 0.3) is 0 Å². The summed E-state index contributed by atoms with van der Waals surface area (Å²) in [7, 11) is 0. The van der Waals surface area contributed by atoms with Crippen molar-refractivity contribution >= 4 is 40.6 Å². The van der Waals surface area contributed by atoms with Gasteiger partial charge in [0.2, 0.25) is 0 Å². The summed E-state index contributed by atoms with van der Waals surface area (Å²) in [5.41, 5.74) is 0.230. The second-order valence-electron chi connectivity index (χ2n) is 6.60. The van der Waals surface area contributed by atoms with Crippen LogP contribution in [0.2, 0.25) is 0 Å². The molecular weight excluding hydrogens is 395 g/mol. The Hall–Kier alpha value is -1.44. The zero-order chi connectivity index (χ0) is 15.1. The van der Waals surface area contributed by atoms with Crippen molar-refractivity contribution in [1.82, 2.24) is 5.01 Å². The molecular formula is C16H13IN2O3. The van der Waals surface area contributed by atoms with Crippen LogP contribution in [0.1, 0.15) is 18.6 Å². The Morgan fingerprint density at radius 2 is 1.82 bits per heavy atom. The highest BCUT2D eigenvalue weighted by Crippen LogP contribution is 2.73. The highest BCUT2D eigenvalue weighted by molar-refractivity contribution is 14.1. The van der Waals surface area contributed by atoms with Gasteiger partial charge in [0.15, 0.2) is 3.77 Å². The Morgan fingerprint density at radius 3 is 2.32 bits per heavy atom. The first-order valence-corrected chi connectivity index (χ1v) is 8.55. The lowest BCUT2D eigenvalue weighted by molar-refractivity contribution is -0.141. The number of hydrogen-bond donors (Lipinski definition) is 0. The van der Waals surface area contributed by atoms with Gasteiger partial charge in [0, 0.05) is 0 Å². The van der Waals surface area contributed by atoms with E-state index in [-0.39, 0.29) is 40.9 Å². The number of halogens is 1. The molecule has 4 unspecified atom stereocenters. The van der Waals surface area contributed by atoms with E-state index in [1.165, 1.54) is 6.21 Å². The molecule has 112 valence electrons. The summed E-state index contributed by atoms with van der Waals surface area (Å²) < 4.78 is 6.12. The number of furan rings is 1. The minimum atomic E-state index is -0.195. The number of nitrogens with zero attached hydrogens (tertiary/aromatic N) is 2. The normalized spacial score (nSPS) is 37.0. The molecule has 0 radical (unpaired) electrons. The van der Waals surface area contributed by atoms with Crippen molar-refractivity contribution in [3.05, 3.63) is 33.8 Å². The Balaban J connectivity index is 1.45. The van der Waals surface area contributed by atoms with Gasteiger partial charge in [-0.1, -0.05) is 12.2 Å². The SMILES string of the molecule is O=C1C2C(C(=O)N1/N=C\c1ccc(I)o1)C1C=CC2C12CC2. The van der Waals surface area contributed by atoms with Gasteiger partial charge in [0.1, 0.15) is 5.76 Å². The van der Waals surface area contributed by atoms with Crippen molar-refractivity contribution in [1.29, 1.82) is 0 Å². The van der Waals surface area contributed by atoms with E-state index in [9.17, 15) is 9.59 Å². The smallest absolute Gasteiger partial charge is 0.254 e. The first kappa shape index (κ1) is 13.0. The van der Waals surface area contributed by atoms with E-state index in [1.54, 1.807) is 6.07 Å². The molecule has 4 atom stereocenters. The minimum absolute atomic E-state index is 0.143. The number of fused-ring (bicyclic) bond motifs is 3. The topological polar surface area (TPSA) is 62.9 Å². The van der Waals surface area contributed by atoms with Crippen LogP contribution >= 0.6 is 22.6 Å². The lowest BCUT2D eigenvalue weighted by Gasteiger charge is -2.18. The third-order valence-corrected chi connectivity index (χ3v) is 6.30. The molecule has 6 heteroatoms. The molecule has 4 aliphatic rings. The predicted octanol–water partition coefficient (Wildman–Crippen LogP) is 2.42. The molecule has 1 aromatic heterocycles. The summed E-state index contributed by atoms with van der Waals surface area (Å²) in [6.07, 6.45) is 8.06. The van der Waals surface area contributed by atoms with E-state index in [0.29, 0.717) is 5.76 Å². The van der Waals surface area contributed by atoms with E-state index in [4.69, 9.17) is 4.42 Å². The van der Waals surface area contributed by atoms with Crippen LogP contribution in [-0.4, -0.2) is 23.0 Å². The van der Waals surface area contributed by atoms with Crippen LogP contribution in [-0.2, 0) is 9.59 Å².